The topological polar surface area (TPSA) is 102 Å². The Morgan fingerprint density at radius 1 is 1.06 bits per heavy atom. The van der Waals surface area contributed by atoms with Gasteiger partial charge in [-0.25, -0.2) is 19.9 Å². The van der Waals surface area contributed by atoms with Crippen LogP contribution in [0, 0.1) is 6.92 Å². The number of carbonyl (C=O) groups is 1. The van der Waals surface area contributed by atoms with Crippen LogP contribution >= 0.6 is 0 Å². The molecule has 0 aromatic carbocycles. The molecule has 5 rings (SSSR count). The van der Waals surface area contributed by atoms with Crippen LogP contribution < -0.4 is 10.5 Å². The average molecular weight is 420 g/mol. The molecule has 2 fully saturated rings. The second kappa shape index (κ2) is 7.93. The van der Waals surface area contributed by atoms with E-state index in [0.717, 1.165) is 30.2 Å². The molecule has 4 heterocycles. The molecule has 3 aromatic heterocycles. The normalized spacial score (nSPS) is 16.5. The van der Waals surface area contributed by atoms with Gasteiger partial charge in [-0.3, -0.25) is 18.7 Å². The van der Waals surface area contributed by atoms with Gasteiger partial charge in [0, 0.05) is 56.6 Å². The van der Waals surface area contributed by atoms with E-state index in [1.54, 1.807) is 23.5 Å². The fourth-order valence-corrected chi connectivity index (χ4v) is 3.82. The molecule has 31 heavy (non-hydrogen) atoms. The van der Waals surface area contributed by atoms with Gasteiger partial charge >= 0.3 is 0 Å². The number of hydrogen-bond donors (Lipinski definition) is 0. The first-order chi connectivity index (χ1) is 15.1. The largest absolute Gasteiger partial charge is 0.353 e. The summed E-state index contributed by atoms with van der Waals surface area (Å²) in [5.41, 5.74) is 0.685. The average Bonchev–Trinajstić information content (AvgIpc) is 3.48. The van der Waals surface area contributed by atoms with Crippen molar-refractivity contribution >= 4 is 11.7 Å². The number of nitrogens with zero attached hydrogens (tertiary/aromatic N) is 8. The Morgan fingerprint density at radius 2 is 1.84 bits per heavy atom. The molecule has 0 unspecified atom stereocenters. The third-order valence-electron chi connectivity index (χ3n) is 5.74. The highest BCUT2D eigenvalue weighted by molar-refractivity contribution is 5.76. The lowest BCUT2D eigenvalue weighted by molar-refractivity contribution is -0.132. The zero-order chi connectivity index (χ0) is 21.4. The van der Waals surface area contributed by atoms with Gasteiger partial charge in [0.15, 0.2) is 0 Å². The van der Waals surface area contributed by atoms with E-state index in [9.17, 15) is 9.59 Å². The van der Waals surface area contributed by atoms with Gasteiger partial charge in [0.25, 0.3) is 5.56 Å². The smallest absolute Gasteiger partial charge is 0.254 e. The van der Waals surface area contributed by atoms with E-state index < -0.39 is 0 Å². The molecule has 1 amide bonds. The molecule has 0 spiro atoms. The maximum atomic E-state index is 12.7. The van der Waals surface area contributed by atoms with Crippen LogP contribution in [0.1, 0.15) is 30.3 Å². The van der Waals surface area contributed by atoms with Crippen LogP contribution in [0.3, 0.4) is 0 Å². The zero-order valence-corrected chi connectivity index (χ0v) is 17.4. The van der Waals surface area contributed by atoms with Crippen LogP contribution in [0.5, 0.6) is 0 Å². The van der Waals surface area contributed by atoms with Crippen molar-refractivity contribution in [3.05, 3.63) is 59.1 Å². The highest BCUT2D eigenvalue weighted by atomic mass is 16.2. The van der Waals surface area contributed by atoms with Crippen molar-refractivity contribution in [3.63, 3.8) is 0 Å². The zero-order valence-electron chi connectivity index (χ0n) is 17.4. The molecule has 0 bridgehead atoms. The number of imidazole rings is 1. The SMILES string of the molecule is Cc1nc(N2CCN(C(=O)Cn3cnc(C4CC4)cc3=O)CC2)cc(-n2ccnc2)n1. The summed E-state index contributed by atoms with van der Waals surface area (Å²) in [6, 6.07) is 3.50. The van der Waals surface area contributed by atoms with Gasteiger partial charge in [-0.15, -0.1) is 0 Å². The van der Waals surface area contributed by atoms with Crippen molar-refractivity contribution in [2.45, 2.75) is 32.2 Å². The van der Waals surface area contributed by atoms with E-state index in [2.05, 4.69) is 24.8 Å². The molecular weight excluding hydrogens is 396 g/mol. The minimum Gasteiger partial charge on any atom is -0.353 e. The lowest BCUT2D eigenvalue weighted by atomic mass is 10.3. The monoisotopic (exact) mass is 420 g/mol. The first-order valence-corrected chi connectivity index (χ1v) is 10.5. The van der Waals surface area contributed by atoms with E-state index in [0.29, 0.717) is 37.9 Å². The van der Waals surface area contributed by atoms with Crippen molar-refractivity contribution in [1.82, 2.24) is 34.0 Å². The number of amides is 1. The summed E-state index contributed by atoms with van der Waals surface area (Å²) in [6.45, 7) is 4.37. The predicted octanol–water partition coefficient (Wildman–Crippen LogP) is 0.754. The molecule has 0 N–H and O–H groups in total. The summed E-state index contributed by atoms with van der Waals surface area (Å²) in [4.78, 5) is 46.5. The molecule has 10 nitrogen and oxygen atoms in total. The number of carbonyl (C=O) groups excluding carboxylic acids is 1. The van der Waals surface area contributed by atoms with Crippen LogP contribution in [-0.4, -0.2) is 66.1 Å². The number of anilines is 1. The van der Waals surface area contributed by atoms with Gasteiger partial charge in [-0.1, -0.05) is 0 Å². The Morgan fingerprint density at radius 3 is 2.52 bits per heavy atom. The Balaban J connectivity index is 1.22. The standard InChI is InChI=1S/C21H24N8O2/c1-15-24-18(11-19(25-15)28-5-4-22-13-28)26-6-8-27(9-7-26)21(31)12-29-14-23-17(10-20(29)30)16-2-3-16/h4-5,10-11,13-14,16H,2-3,6-9,12H2,1H3. The van der Waals surface area contributed by atoms with Crippen LogP contribution in [0.2, 0.25) is 0 Å². The maximum absolute atomic E-state index is 12.7. The second-order valence-corrected chi connectivity index (χ2v) is 8.02. The molecular formula is C21H24N8O2. The highest BCUT2D eigenvalue weighted by Gasteiger charge is 2.26. The van der Waals surface area contributed by atoms with E-state index in [-0.39, 0.29) is 18.0 Å². The van der Waals surface area contributed by atoms with E-state index in [1.165, 1.54) is 10.9 Å². The summed E-state index contributed by atoms with van der Waals surface area (Å²) in [7, 11) is 0. The van der Waals surface area contributed by atoms with Crippen molar-refractivity contribution in [1.29, 1.82) is 0 Å². The first-order valence-electron chi connectivity index (χ1n) is 10.5. The van der Waals surface area contributed by atoms with Gasteiger partial charge in [0.2, 0.25) is 5.91 Å². The van der Waals surface area contributed by atoms with E-state index in [4.69, 9.17) is 0 Å². The molecule has 3 aromatic rings. The summed E-state index contributed by atoms with van der Waals surface area (Å²) in [5.74, 6) is 2.63. The molecule has 10 heteroatoms. The molecule has 1 saturated carbocycles. The van der Waals surface area contributed by atoms with Crippen LogP contribution in [0.25, 0.3) is 5.82 Å². The lowest BCUT2D eigenvalue weighted by Gasteiger charge is -2.35. The third-order valence-corrected chi connectivity index (χ3v) is 5.74. The van der Waals surface area contributed by atoms with Crippen molar-refractivity contribution in [3.8, 4) is 5.82 Å². The maximum Gasteiger partial charge on any atom is 0.254 e. The van der Waals surface area contributed by atoms with Gasteiger partial charge in [-0.2, -0.15) is 0 Å². The highest BCUT2D eigenvalue weighted by Crippen LogP contribution is 2.38. The molecule has 1 aliphatic heterocycles. The van der Waals surface area contributed by atoms with E-state index in [1.807, 2.05) is 23.8 Å². The summed E-state index contributed by atoms with van der Waals surface area (Å²) < 4.78 is 3.24. The fraction of sp³-hybridized carbons (Fsp3) is 0.429. The summed E-state index contributed by atoms with van der Waals surface area (Å²) >= 11 is 0. The Hall–Kier alpha value is -3.56. The Kier molecular flexibility index (Phi) is 4.97. The third kappa shape index (κ3) is 4.18. The summed E-state index contributed by atoms with van der Waals surface area (Å²) in [5, 5.41) is 0. The fourth-order valence-electron chi connectivity index (χ4n) is 3.82. The van der Waals surface area contributed by atoms with Crippen LogP contribution in [0.15, 0.2) is 42.0 Å². The molecule has 0 radical (unpaired) electrons. The van der Waals surface area contributed by atoms with Gasteiger partial charge < -0.3 is 9.80 Å². The molecule has 2 aliphatic rings. The molecule has 0 atom stereocenters. The Bertz CT molecular complexity index is 1140. The molecule has 160 valence electrons. The van der Waals surface area contributed by atoms with Gasteiger partial charge in [-0.05, 0) is 19.8 Å². The number of aromatic nitrogens is 6. The van der Waals surface area contributed by atoms with Gasteiger partial charge in [0.05, 0.1) is 12.0 Å². The van der Waals surface area contributed by atoms with Gasteiger partial charge in [0.1, 0.15) is 30.3 Å². The van der Waals surface area contributed by atoms with Crippen LogP contribution in [-0.2, 0) is 11.3 Å². The van der Waals surface area contributed by atoms with E-state index >= 15 is 0 Å². The minimum absolute atomic E-state index is 0.0220. The number of rotatable bonds is 5. The number of aryl methyl sites for hydroxylation is 1. The number of piperazine rings is 1. The predicted molar refractivity (Wildman–Crippen MR) is 113 cm³/mol. The van der Waals surface area contributed by atoms with Crippen molar-refractivity contribution in [2.75, 3.05) is 31.1 Å². The van der Waals surface area contributed by atoms with Crippen LogP contribution in [0.4, 0.5) is 5.82 Å². The summed E-state index contributed by atoms with van der Waals surface area (Å²) in [6.07, 6.45) is 8.95. The lowest BCUT2D eigenvalue weighted by Crippen LogP contribution is -2.50. The Labute approximate surface area is 179 Å². The minimum atomic E-state index is -0.160. The molecule has 1 aliphatic carbocycles. The first kappa shape index (κ1) is 19.4. The number of hydrogen-bond acceptors (Lipinski definition) is 7. The quantitative estimate of drug-likeness (QED) is 0.600. The van der Waals surface area contributed by atoms with Crippen molar-refractivity contribution < 1.29 is 4.79 Å². The second-order valence-electron chi connectivity index (χ2n) is 8.02. The van der Waals surface area contributed by atoms with Crippen molar-refractivity contribution in [2.24, 2.45) is 0 Å². The molecule has 1 saturated heterocycles.